The number of aryl methyl sites for hydroxylation is 1. The summed E-state index contributed by atoms with van der Waals surface area (Å²) < 4.78 is 0. The topological polar surface area (TPSA) is 12.9 Å². The standard InChI is InChI=1S/C12H19NS/c1-2-11-9-13-12(14-11)10-7-5-3-4-6-8-10/h9-10H,2-8H2,1H3. The van der Waals surface area contributed by atoms with Crippen molar-refractivity contribution in [2.24, 2.45) is 0 Å². The Bertz CT molecular complexity index is 272. The van der Waals surface area contributed by atoms with Crippen LogP contribution in [0.2, 0.25) is 0 Å². The van der Waals surface area contributed by atoms with E-state index in [2.05, 4.69) is 18.1 Å². The van der Waals surface area contributed by atoms with Crippen LogP contribution in [0.1, 0.15) is 61.3 Å². The summed E-state index contributed by atoms with van der Waals surface area (Å²) in [5.41, 5.74) is 0. The molecule has 0 aromatic carbocycles. The maximum absolute atomic E-state index is 4.57. The molecule has 1 aliphatic carbocycles. The fourth-order valence-electron chi connectivity index (χ4n) is 2.20. The second-order valence-electron chi connectivity index (χ2n) is 4.21. The van der Waals surface area contributed by atoms with Gasteiger partial charge in [0.25, 0.3) is 0 Å². The Morgan fingerprint density at radius 2 is 2.00 bits per heavy atom. The van der Waals surface area contributed by atoms with Crippen molar-refractivity contribution in [3.05, 3.63) is 16.1 Å². The van der Waals surface area contributed by atoms with Crippen LogP contribution < -0.4 is 0 Å². The van der Waals surface area contributed by atoms with Crippen molar-refractivity contribution in [3.8, 4) is 0 Å². The van der Waals surface area contributed by atoms with Gasteiger partial charge >= 0.3 is 0 Å². The summed E-state index contributed by atoms with van der Waals surface area (Å²) >= 11 is 1.94. The van der Waals surface area contributed by atoms with E-state index < -0.39 is 0 Å². The minimum absolute atomic E-state index is 0.780. The van der Waals surface area contributed by atoms with Gasteiger partial charge in [-0.1, -0.05) is 32.6 Å². The van der Waals surface area contributed by atoms with E-state index in [0.29, 0.717) is 0 Å². The Hall–Kier alpha value is -0.370. The van der Waals surface area contributed by atoms with Crippen LogP contribution in [0.15, 0.2) is 6.20 Å². The highest BCUT2D eigenvalue weighted by Gasteiger charge is 2.17. The van der Waals surface area contributed by atoms with E-state index in [4.69, 9.17) is 0 Å². The molecule has 0 spiro atoms. The van der Waals surface area contributed by atoms with Gasteiger partial charge in [-0.2, -0.15) is 0 Å². The van der Waals surface area contributed by atoms with Gasteiger partial charge in [0.1, 0.15) is 0 Å². The average molecular weight is 209 g/mol. The minimum atomic E-state index is 0.780. The molecule has 1 saturated carbocycles. The van der Waals surface area contributed by atoms with Gasteiger partial charge in [-0.3, -0.25) is 0 Å². The summed E-state index contributed by atoms with van der Waals surface area (Å²) in [6.07, 6.45) is 11.6. The summed E-state index contributed by atoms with van der Waals surface area (Å²) in [5, 5.41) is 1.41. The smallest absolute Gasteiger partial charge is 0.0958 e. The first-order valence-electron chi connectivity index (χ1n) is 5.84. The van der Waals surface area contributed by atoms with Crippen LogP contribution in [0.4, 0.5) is 0 Å². The predicted molar refractivity (Wildman–Crippen MR) is 61.9 cm³/mol. The van der Waals surface area contributed by atoms with Gasteiger partial charge in [-0.15, -0.1) is 11.3 Å². The Balaban J connectivity index is 2.04. The van der Waals surface area contributed by atoms with E-state index in [1.807, 2.05) is 11.3 Å². The van der Waals surface area contributed by atoms with Crippen LogP contribution in [0.25, 0.3) is 0 Å². The molecule has 1 aromatic rings. The van der Waals surface area contributed by atoms with Gasteiger partial charge in [-0.25, -0.2) is 4.98 Å². The van der Waals surface area contributed by atoms with Crippen molar-refractivity contribution in [2.45, 2.75) is 57.8 Å². The molecule has 0 unspecified atom stereocenters. The molecule has 1 aliphatic rings. The zero-order chi connectivity index (χ0) is 9.80. The predicted octanol–water partition coefficient (Wildman–Crippen LogP) is 4.14. The lowest BCUT2D eigenvalue weighted by Crippen LogP contribution is -1.95. The van der Waals surface area contributed by atoms with Crippen LogP contribution in [-0.4, -0.2) is 4.98 Å². The van der Waals surface area contributed by atoms with Gasteiger partial charge in [0.2, 0.25) is 0 Å². The maximum Gasteiger partial charge on any atom is 0.0958 e. The summed E-state index contributed by atoms with van der Waals surface area (Å²) in [4.78, 5) is 6.02. The molecule has 2 heteroatoms. The largest absolute Gasteiger partial charge is 0.249 e. The summed E-state index contributed by atoms with van der Waals surface area (Å²) in [7, 11) is 0. The number of thiazole rings is 1. The molecule has 0 aliphatic heterocycles. The van der Waals surface area contributed by atoms with E-state index in [1.54, 1.807) is 0 Å². The molecule has 1 nitrogen and oxygen atoms in total. The lowest BCUT2D eigenvalue weighted by Gasteiger charge is -2.09. The summed E-state index contributed by atoms with van der Waals surface area (Å²) in [5.74, 6) is 0.780. The van der Waals surface area contributed by atoms with E-state index in [0.717, 1.165) is 12.3 Å². The summed E-state index contributed by atoms with van der Waals surface area (Å²) in [6, 6.07) is 0. The molecule has 0 atom stereocenters. The Morgan fingerprint density at radius 1 is 1.29 bits per heavy atom. The van der Waals surface area contributed by atoms with E-state index >= 15 is 0 Å². The normalized spacial score (nSPS) is 19.5. The first-order valence-corrected chi connectivity index (χ1v) is 6.66. The number of hydrogen-bond donors (Lipinski definition) is 0. The number of aromatic nitrogens is 1. The van der Waals surface area contributed by atoms with Crippen molar-refractivity contribution < 1.29 is 0 Å². The number of nitrogens with zero attached hydrogens (tertiary/aromatic N) is 1. The van der Waals surface area contributed by atoms with Gasteiger partial charge < -0.3 is 0 Å². The van der Waals surface area contributed by atoms with Crippen LogP contribution in [0, 0.1) is 0 Å². The average Bonchev–Trinajstić information content (AvgIpc) is 2.53. The van der Waals surface area contributed by atoms with E-state index in [1.165, 1.54) is 48.4 Å². The quantitative estimate of drug-likeness (QED) is 0.667. The molecule has 1 heterocycles. The lowest BCUT2D eigenvalue weighted by atomic mass is 10.0. The second kappa shape index (κ2) is 4.92. The van der Waals surface area contributed by atoms with E-state index in [9.17, 15) is 0 Å². The minimum Gasteiger partial charge on any atom is -0.249 e. The zero-order valence-corrected chi connectivity index (χ0v) is 9.78. The van der Waals surface area contributed by atoms with Crippen molar-refractivity contribution in [2.75, 3.05) is 0 Å². The molecule has 14 heavy (non-hydrogen) atoms. The van der Waals surface area contributed by atoms with Crippen LogP contribution in [-0.2, 0) is 6.42 Å². The molecule has 1 fully saturated rings. The number of rotatable bonds is 2. The molecule has 0 bridgehead atoms. The third-order valence-corrected chi connectivity index (χ3v) is 4.43. The van der Waals surface area contributed by atoms with Crippen molar-refractivity contribution in [1.29, 1.82) is 0 Å². The first kappa shape index (κ1) is 10.2. The van der Waals surface area contributed by atoms with Crippen LogP contribution in [0.5, 0.6) is 0 Å². The molecule has 78 valence electrons. The maximum atomic E-state index is 4.57. The molecule has 0 N–H and O–H groups in total. The molecule has 0 radical (unpaired) electrons. The van der Waals surface area contributed by atoms with Gasteiger partial charge in [0.15, 0.2) is 0 Å². The Morgan fingerprint density at radius 3 is 2.57 bits per heavy atom. The number of hydrogen-bond acceptors (Lipinski definition) is 2. The van der Waals surface area contributed by atoms with Gasteiger partial charge in [0, 0.05) is 17.0 Å². The highest BCUT2D eigenvalue weighted by Crippen LogP contribution is 2.33. The molecule has 0 saturated heterocycles. The third kappa shape index (κ3) is 2.35. The monoisotopic (exact) mass is 209 g/mol. The van der Waals surface area contributed by atoms with Crippen LogP contribution >= 0.6 is 11.3 Å². The molecule has 0 amide bonds. The van der Waals surface area contributed by atoms with Crippen molar-refractivity contribution >= 4 is 11.3 Å². The second-order valence-corrected chi connectivity index (χ2v) is 5.35. The summed E-state index contributed by atoms with van der Waals surface area (Å²) in [6.45, 7) is 2.21. The van der Waals surface area contributed by atoms with Gasteiger partial charge in [0.05, 0.1) is 5.01 Å². The fourth-order valence-corrected chi connectivity index (χ4v) is 3.23. The Kier molecular flexibility index (Phi) is 3.57. The molecule has 2 rings (SSSR count). The SMILES string of the molecule is CCc1cnc(C2CCCCCC2)s1. The van der Waals surface area contributed by atoms with Crippen LogP contribution in [0.3, 0.4) is 0 Å². The van der Waals surface area contributed by atoms with E-state index in [-0.39, 0.29) is 0 Å². The highest BCUT2D eigenvalue weighted by molar-refractivity contribution is 7.11. The van der Waals surface area contributed by atoms with Crippen molar-refractivity contribution in [1.82, 2.24) is 4.98 Å². The molecule has 1 aromatic heterocycles. The molecular weight excluding hydrogens is 190 g/mol. The van der Waals surface area contributed by atoms with Crippen molar-refractivity contribution in [3.63, 3.8) is 0 Å². The fraction of sp³-hybridized carbons (Fsp3) is 0.750. The lowest BCUT2D eigenvalue weighted by molar-refractivity contribution is 0.589. The highest BCUT2D eigenvalue weighted by atomic mass is 32.1. The third-order valence-electron chi connectivity index (χ3n) is 3.12. The molecular formula is C12H19NS. The Labute approximate surface area is 90.6 Å². The first-order chi connectivity index (χ1) is 6.90. The van der Waals surface area contributed by atoms with Gasteiger partial charge in [-0.05, 0) is 19.3 Å². The zero-order valence-electron chi connectivity index (χ0n) is 8.96.